The number of anilines is 1. The maximum atomic E-state index is 13.9. The van der Waals surface area contributed by atoms with Crippen LogP contribution < -0.4 is 10.2 Å². The molecule has 1 atom stereocenters. The number of ether oxygens (including phenoxy) is 1. The minimum atomic E-state index is -3.70. The summed E-state index contributed by atoms with van der Waals surface area (Å²) in [6, 6.07) is 9.84. The molecule has 0 radical (unpaired) electrons. The van der Waals surface area contributed by atoms with Gasteiger partial charge in [-0.05, 0) is 29.8 Å². The van der Waals surface area contributed by atoms with Crippen molar-refractivity contribution in [3.8, 4) is 0 Å². The van der Waals surface area contributed by atoms with Gasteiger partial charge in [-0.2, -0.15) is 4.31 Å². The van der Waals surface area contributed by atoms with Gasteiger partial charge in [0.25, 0.3) is 0 Å². The van der Waals surface area contributed by atoms with E-state index in [9.17, 15) is 22.4 Å². The van der Waals surface area contributed by atoms with Crippen LogP contribution in [0.25, 0.3) is 0 Å². The summed E-state index contributed by atoms with van der Waals surface area (Å²) in [5, 5.41) is 2.68. The first-order valence-corrected chi connectivity index (χ1v) is 11.7. The van der Waals surface area contributed by atoms with Crippen LogP contribution in [-0.4, -0.2) is 56.9 Å². The first-order chi connectivity index (χ1) is 15.3. The second kappa shape index (κ2) is 8.97. The molecular weight excluding hydrogens is 437 g/mol. The minimum absolute atomic E-state index is 0.0131. The van der Waals surface area contributed by atoms with Crippen molar-refractivity contribution in [1.82, 2.24) is 9.62 Å². The lowest BCUT2D eigenvalue weighted by Crippen LogP contribution is -2.47. The lowest BCUT2D eigenvalue weighted by atomic mass is 10.1. The minimum Gasteiger partial charge on any atom is -0.379 e. The third kappa shape index (κ3) is 4.25. The smallest absolute Gasteiger partial charge is 0.243 e. The van der Waals surface area contributed by atoms with Gasteiger partial charge in [0, 0.05) is 44.2 Å². The molecule has 1 unspecified atom stereocenters. The number of hydrogen-bond donors (Lipinski definition) is 1. The molecule has 170 valence electrons. The van der Waals surface area contributed by atoms with Crippen LogP contribution in [-0.2, 0) is 37.3 Å². The summed E-state index contributed by atoms with van der Waals surface area (Å²) >= 11 is 0. The van der Waals surface area contributed by atoms with Crippen LogP contribution in [0.1, 0.15) is 18.1 Å². The Morgan fingerprint density at radius 2 is 1.88 bits per heavy atom. The van der Waals surface area contributed by atoms with Gasteiger partial charge in [-0.1, -0.05) is 18.2 Å². The van der Waals surface area contributed by atoms with Crippen LogP contribution in [0.15, 0.2) is 47.4 Å². The number of morpholine rings is 1. The molecule has 2 heterocycles. The quantitative estimate of drug-likeness (QED) is 0.727. The standard InChI is InChI=1S/C22H24FN3O5S/c1-15(27)26-20-7-6-18(32(29,30)25-8-10-31-11-9-25)12-17(20)13-21(26)22(28)24-14-16-4-2-3-5-19(16)23/h2-7,12,21H,8-11,13-14H2,1H3,(H,24,28). The number of carbonyl (C=O) groups is 2. The highest BCUT2D eigenvalue weighted by molar-refractivity contribution is 7.89. The molecule has 0 aliphatic carbocycles. The molecule has 2 aromatic carbocycles. The number of amides is 2. The van der Waals surface area contributed by atoms with Crippen molar-refractivity contribution in [2.24, 2.45) is 0 Å². The van der Waals surface area contributed by atoms with Gasteiger partial charge in [-0.15, -0.1) is 0 Å². The average Bonchev–Trinajstić information content (AvgIpc) is 3.18. The van der Waals surface area contributed by atoms with Crippen molar-refractivity contribution in [2.75, 3.05) is 31.2 Å². The van der Waals surface area contributed by atoms with E-state index in [1.807, 2.05) is 0 Å². The van der Waals surface area contributed by atoms with Crippen molar-refractivity contribution < 1.29 is 27.1 Å². The first-order valence-electron chi connectivity index (χ1n) is 10.3. The molecule has 2 amide bonds. The maximum Gasteiger partial charge on any atom is 0.243 e. The highest BCUT2D eigenvalue weighted by Gasteiger charge is 2.38. The molecule has 2 aliphatic heterocycles. The number of nitrogens with zero attached hydrogens (tertiary/aromatic N) is 2. The summed E-state index contributed by atoms with van der Waals surface area (Å²) in [7, 11) is -3.70. The number of hydrogen-bond acceptors (Lipinski definition) is 5. The molecule has 0 bridgehead atoms. The van der Waals surface area contributed by atoms with Crippen LogP contribution in [0.4, 0.5) is 10.1 Å². The van der Waals surface area contributed by atoms with Crippen molar-refractivity contribution in [3.05, 3.63) is 59.4 Å². The molecule has 8 nitrogen and oxygen atoms in total. The van der Waals surface area contributed by atoms with Gasteiger partial charge >= 0.3 is 0 Å². The van der Waals surface area contributed by atoms with Gasteiger partial charge in [0.15, 0.2) is 0 Å². The highest BCUT2D eigenvalue weighted by atomic mass is 32.2. The van der Waals surface area contributed by atoms with Gasteiger partial charge in [0.05, 0.1) is 18.1 Å². The largest absolute Gasteiger partial charge is 0.379 e. The third-order valence-electron chi connectivity index (χ3n) is 5.70. The summed E-state index contributed by atoms with van der Waals surface area (Å²) < 4.78 is 46.4. The van der Waals surface area contributed by atoms with E-state index in [-0.39, 0.29) is 36.9 Å². The van der Waals surface area contributed by atoms with Crippen LogP contribution >= 0.6 is 0 Å². The topological polar surface area (TPSA) is 96.0 Å². The molecule has 0 aromatic heterocycles. The fourth-order valence-electron chi connectivity index (χ4n) is 4.07. The number of sulfonamides is 1. The molecule has 2 aliphatic rings. The highest BCUT2D eigenvalue weighted by Crippen LogP contribution is 2.35. The molecule has 32 heavy (non-hydrogen) atoms. The molecule has 1 fully saturated rings. The van der Waals surface area contributed by atoms with E-state index >= 15 is 0 Å². The van der Waals surface area contributed by atoms with Gasteiger partial charge in [0.2, 0.25) is 21.8 Å². The Morgan fingerprint density at radius 1 is 1.16 bits per heavy atom. The summed E-state index contributed by atoms with van der Waals surface area (Å²) in [6.07, 6.45) is 0.171. The Bertz CT molecular complexity index is 1150. The van der Waals surface area contributed by atoms with Gasteiger partial charge in [0.1, 0.15) is 11.9 Å². The summed E-state index contributed by atoms with van der Waals surface area (Å²) in [5.41, 5.74) is 1.44. The normalized spacial score (nSPS) is 18.9. The SMILES string of the molecule is CC(=O)N1c2ccc(S(=O)(=O)N3CCOCC3)cc2CC1C(=O)NCc1ccccc1F. The van der Waals surface area contributed by atoms with E-state index in [1.54, 1.807) is 24.3 Å². The monoisotopic (exact) mass is 461 g/mol. The Hall–Kier alpha value is -2.82. The average molecular weight is 462 g/mol. The van der Waals surface area contributed by atoms with Gasteiger partial charge < -0.3 is 10.1 Å². The zero-order valence-electron chi connectivity index (χ0n) is 17.6. The van der Waals surface area contributed by atoms with Crippen LogP contribution in [0.2, 0.25) is 0 Å². The van der Waals surface area contributed by atoms with Crippen molar-refractivity contribution in [3.63, 3.8) is 0 Å². The molecule has 4 rings (SSSR count). The Kier molecular flexibility index (Phi) is 6.27. The molecule has 10 heteroatoms. The number of benzene rings is 2. The van der Waals surface area contributed by atoms with Crippen LogP contribution in [0, 0.1) is 5.82 Å². The molecule has 1 saturated heterocycles. The number of carbonyl (C=O) groups excluding carboxylic acids is 2. The lowest BCUT2D eigenvalue weighted by Gasteiger charge is -2.26. The van der Waals surface area contributed by atoms with Gasteiger partial charge in [-0.25, -0.2) is 12.8 Å². The summed E-state index contributed by atoms with van der Waals surface area (Å²) in [5.74, 6) is -1.19. The van der Waals surface area contributed by atoms with E-state index in [2.05, 4.69) is 5.32 Å². The Balaban J connectivity index is 1.55. The van der Waals surface area contributed by atoms with Crippen molar-refractivity contribution in [2.45, 2.75) is 30.8 Å². The molecule has 2 aromatic rings. The van der Waals surface area contributed by atoms with E-state index < -0.39 is 27.8 Å². The third-order valence-corrected chi connectivity index (χ3v) is 7.59. The van der Waals surface area contributed by atoms with Crippen molar-refractivity contribution >= 4 is 27.5 Å². The lowest BCUT2D eigenvalue weighted by molar-refractivity contribution is -0.125. The number of halogens is 1. The fourth-order valence-corrected chi connectivity index (χ4v) is 5.52. The first kappa shape index (κ1) is 22.4. The summed E-state index contributed by atoms with van der Waals surface area (Å²) in [4.78, 5) is 26.7. The fraction of sp³-hybridized carbons (Fsp3) is 0.364. The second-order valence-corrected chi connectivity index (χ2v) is 9.66. The van der Waals surface area contributed by atoms with Crippen molar-refractivity contribution in [1.29, 1.82) is 0 Å². The van der Waals surface area contributed by atoms with E-state index in [4.69, 9.17) is 4.74 Å². The molecule has 1 N–H and O–H groups in total. The second-order valence-electron chi connectivity index (χ2n) is 7.73. The molecule has 0 spiro atoms. The van der Waals surface area contributed by atoms with Crippen LogP contribution in [0.3, 0.4) is 0 Å². The zero-order valence-corrected chi connectivity index (χ0v) is 18.4. The predicted molar refractivity (Wildman–Crippen MR) is 115 cm³/mol. The Labute approximate surface area is 186 Å². The maximum absolute atomic E-state index is 13.9. The van der Waals surface area contributed by atoms with E-state index in [0.717, 1.165) is 0 Å². The Morgan fingerprint density at radius 3 is 2.56 bits per heavy atom. The number of fused-ring (bicyclic) bond motifs is 1. The van der Waals surface area contributed by atoms with E-state index in [1.165, 1.54) is 34.3 Å². The number of nitrogens with one attached hydrogen (secondary N) is 1. The molecule has 0 saturated carbocycles. The zero-order chi connectivity index (χ0) is 22.9. The van der Waals surface area contributed by atoms with Gasteiger partial charge in [-0.3, -0.25) is 14.5 Å². The van der Waals surface area contributed by atoms with Crippen LogP contribution in [0.5, 0.6) is 0 Å². The molecular formula is C22H24FN3O5S. The number of rotatable bonds is 5. The predicted octanol–water partition coefficient (Wildman–Crippen LogP) is 1.44. The van der Waals surface area contributed by atoms with E-state index in [0.29, 0.717) is 30.0 Å². The summed E-state index contributed by atoms with van der Waals surface area (Å²) in [6.45, 7) is 2.57.